The van der Waals surface area contributed by atoms with E-state index < -0.39 is 24.1 Å². The van der Waals surface area contributed by atoms with E-state index in [1.165, 1.54) is 12.4 Å². The molecule has 0 aliphatic rings. The molecule has 2 unspecified atom stereocenters. The zero-order chi connectivity index (χ0) is 14.3. The van der Waals surface area contributed by atoms with Gasteiger partial charge < -0.3 is 15.7 Å². The number of hydrogen-bond donors (Lipinski definition) is 4. The fourth-order valence-electron chi connectivity index (χ4n) is 1.17. The molecule has 3 amide bonds. The molecule has 19 heavy (non-hydrogen) atoms. The van der Waals surface area contributed by atoms with Gasteiger partial charge in [0.25, 0.3) is 5.91 Å². The fraction of sp³-hybridized carbons (Fsp3) is 0.556. The summed E-state index contributed by atoms with van der Waals surface area (Å²) in [4.78, 5) is 23.3. The van der Waals surface area contributed by atoms with Gasteiger partial charge in [-0.25, -0.2) is 4.79 Å². The number of anilines is 1. The summed E-state index contributed by atoms with van der Waals surface area (Å²) < 4.78 is 0. The molecule has 0 aliphatic heterocycles. The standard InChI is InChI=1S/C9H14ClN5O3S/c1-5(16)6(13-8(18)11-3-2-10)7(17)14-9-15-12-4-19-9/h4-6,16H,2-3H2,1H3,(H2,11,13,18)(H,14,15,17). The summed E-state index contributed by atoms with van der Waals surface area (Å²) in [6.07, 6.45) is -1.06. The van der Waals surface area contributed by atoms with Crippen LogP contribution in [0.15, 0.2) is 5.51 Å². The minimum Gasteiger partial charge on any atom is -0.391 e. The molecule has 0 aliphatic carbocycles. The normalized spacial score (nSPS) is 13.4. The lowest BCUT2D eigenvalue weighted by Gasteiger charge is -2.20. The SMILES string of the molecule is CC(O)C(NC(=O)NCCCl)C(=O)Nc1nncs1. The summed E-state index contributed by atoms with van der Waals surface area (Å²) in [6.45, 7) is 1.66. The number of alkyl halides is 1. The highest BCUT2D eigenvalue weighted by Crippen LogP contribution is 2.09. The number of nitrogens with zero attached hydrogens (tertiary/aromatic N) is 2. The zero-order valence-corrected chi connectivity index (χ0v) is 11.7. The number of carbonyl (C=O) groups is 2. The number of urea groups is 1. The number of halogens is 1. The molecule has 1 heterocycles. The molecule has 0 spiro atoms. The first-order valence-corrected chi connectivity index (χ1v) is 6.81. The number of aliphatic hydroxyl groups is 1. The predicted molar refractivity (Wildman–Crippen MR) is 71.3 cm³/mol. The van der Waals surface area contributed by atoms with Gasteiger partial charge in [0.05, 0.1) is 6.10 Å². The number of nitrogens with one attached hydrogen (secondary N) is 3. The molecular weight excluding hydrogens is 294 g/mol. The first-order valence-electron chi connectivity index (χ1n) is 5.40. The van der Waals surface area contributed by atoms with E-state index in [0.29, 0.717) is 5.13 Å². The van der Waals surface area contributed by atoms with Crippen molar-refractivity contribution in [3.63, 3.8) is 0 Å². The number of hydrogen-bond acceptors (Lipinski definition) is 6. The molecule has 8 nitrogen and oxygen atoms in total. The van der Waals surface area contributed by atoms with Gasteiger partial charge in [-0.3, -0.25) is 10.1 Å². The summed E-state index contributed by atoms with van der Waals surface area (Å²) in [5, 5.41) is 24.2. The van der Waals surface area contributed by atoms with Crippen LogP contribution in [0.4, 0.5) is 9.93 Å². The van der Waals surface area contributed by atoms with E-state index in [1.807, 2.05) is 0 Å². The number of carbonyl (C=O) groups excluding carboxylic acids is 2. The van der Waals surface area contributed by atoms with Crippen LogP contribution >= 0.6 is 22.9 Å². The van der Waals surface area contributed by atoms with Crippen LogP contribution in [0.5, 0.6) is 0 Å². The largest absolute Gasteiger partial charge is 0.391 e. The average molecular weight is 308 g/mol. The summed E-state index contributed by atoms with van der Waals surface area (Å²) in [5.41, 5.74) is 1.45. The van der Waals surface area contributed by atoms with Crippen molar-refractivity contribution in [1.29, 1.82) is 0 Å². The molecule has 0 aromatic carbocycles. The lowest BCUT2D eigenvalue weighted by atomic mass is 10.1. The monoisotopic (exact) mass is 307 g/mol. The highest BCUT2D eigenvalue weighted by Gasteiger charge is 2.26. The maximum atomic E-state index is 11.9. The van der Waals surface area contributed by atoms with Gasteiger partial charge in [-0.05, 0) is 6.92 Å². The molecule has 10 heteroatoms. The highest BCUT2D eigenvalue weighted by molar-refractivity contribution is 7.13. The summed E-state index contributed by atoms with van der Waals surface area (Å²) in [5.74, 6) is -0.322. The van der Waals surface area contributed by atoms with Crippen molar-refractivity contribution in [2.45, 2.75) is 19.1 Å². The molecule has 1 aromatic heterocycles. The van der Waals surface area contributed by atoms with Gasteiger partial charge in [0, 0.05) is 12.4 Å². The Morgan fingerprint density at radius 2 is 2.32 bits per heavy atom. The molecule has 0 bridgehead atoms. The quantitative estimate of drug-likeness (QED) is 0.541. The molecule has 2 atom stereocenters. The summed E-state index contributed by atoms with van der Waals surface area (Å²) in [7, 11) is 0. The highest BCUT2D eigenvalue weighted by atomic mass is 35.5. The van der Waals surface area contributed by atoms with Gasteiger partial charge in [-0.1, -0.05) is 11.3 Å². The van der Waals surface area contributed by atoms with Crippen molar-refractivity contribution >= 4 is 40.0 Å². The molecule has 0 saturated carbocycles. The topological polar surface area (TPSA) is 116 Å². The maximum Gasteiger partial charge on any atom is 0.315 e. The number of amides is 3. The Labute approximate surface area is 118 Å². The van der Waals surface area contributed by atoms with E-state index in [2.05, 4.69) is 26.1 Å². The summed E-state index contributed by atoms with van der Waals surface area (Å²) >= 11 is 6.55. The Morgan fingerprint density at radius 1 is 1.58 bits per heavy atom. The van der Waals surface area contributed by atoms with Gasteiger partial charge in [-0.2, -0.15) is 0 Å². The van der Waals surface area contributed by atoms with Crippen LogP contribution < -0.4 is 16.0 Å². The van der Waals surface area contributed by atoms with Crippen LogP contribution in [-0.2, 0) is 4.79 Å². The first-order chi connectivity index (χ1) is 9.04. The average Bonchev–Trinajstić information content (AvgIpc) is 2.85. The van der Waals surface area contributed by atoms with Crippen molar-refractivity contribution in [2.75, 3.05) is 17.7 Å². The smallest absolute Gasteiger partial charge is 0.315 e. The van der Waals surface area contributed by atoms with Gasteiger partial charge in [-0.15, -0.1) is 21.8 Å². The maximum absolute atomic E-state index is 11.9. The molecular formula is C9H14ClN5O3S. The second-order valence-electron chi connectivity index (χ2n) is 3.54. The Hall–Kier alpha value is -1.45. The first kappa shape index (κ1) is 15.6. The van der Waals surface area contributed by atoms with Gasteiger partial charge in [0.1, 0.15) is 11.6 Å². The molecule has 4 N–H and O–H groups in total. The molecule has 0 fully saturated rings. The number of rotatable bonds is 6. The van der Waals surface area contributed by atoms with Gasteiger partial charge >= 0.3 is 6.03 Å². The lowest BCUT2D eigenvalue weighted by molar-refractivity contribution is -0.120. The van der Waals surface area contributed by atoms with Gasteiger partial charge in [0.2, 0.25) is 5.13 Å². The van der Waals surface area contributed by atoms with E-state index in [9.17, 15) is 14.7 Å². The van der Waals surface area contributed by atoms with Crippen molar-refractivity contribution in [3.05, 3.63) is 5.51 Å². The van der Waals surface area contributed by atoms with Crippen LogP contribution in [0, 0.1) is 0 Å². The number of aromatic nitrogens is 2. The second-order valence-corrected chi connectivity index (χ2v) is 4.75. The van der Waals surface area contributed by atoms with E-state index in [-0.39, 0.29) is 12.4 Å². The third kappa shape index (κ3) is 5.37. The third-order valence-corrected chi connectivity index (χ3v) is 2.82. The minimum atomic E-state index is -1.10. The van der Waals surface area contributed by atoms with Crippen molar-refractivity contribution in [3.8, 4) is 0 Å². The van der Waals surface area contributed by atoms with Crippen molar-refractivity contribution < 1.29 is 14.7 Å². The molecule has 106 valence electrons. The Bertz CT molecular complexity index is 414. The van der Waals surface area contributed by atoms with Crippen LogP contribution in [0.1, 0.15) is 6.92 Å². The van der Waals surface area contributed by atoms with Crippen LogP contribution in [0.3, 0.4) is 0 Å². The van der Waals surface area contributed by atoms with Crippen LogP contribution in [0.2, 0.25) is 0 Å². The predicted octanol–water partition coefficient (Wildman–Crippen LogP) is -0.236. The Balaban J connectivity index is 2.56. The zero-order valence-electron chi connectivity index (χ0n) is 10.1. The van der Waals surface area contributed by atoms with Crippen LogP contribution in [-0.4, -0.2) is 51.8 Å². The van der Waals surface area contributed by atoms with E-state index in [0.717, 1.165) is 11.3 Å². The van der Waals surface area contributed by atoms with E-state index >= 15 is 0 Å². The van der Waals surface area contributed by atoms with E-state index in [1.54, 1.807) is 0 Å². The molecule has 1 rings (SSSR count). The third-order valence-electron chi connectivity index (χ3n) is 2.02. The Kier molecular flexibility index (Phi) is 6.46. The van der Waals surface area contributed by atoms with Gasteiger partial charge in [0.15, 0.2) is 0 Å². The molecule has 0 radical (unpaired) electrons. The Morgan fingerprint density at radius 3 is 2.84 bits per heavy atom. The minimum absolute atomic E-state index is 0.254. The summed E-state index contributed by atoms with van der Waals surface area (Å²) in [6, 6.07) is -1.68. The molecule has 0 saturated heterocycles. The van der Waals surface area contributed by atoms with E-state index in [4.69, 9.17) is 11.6 Å². The van der Waals surface area contributed by atoms with Crippen LogP contribution in [0.25, 0.3) is 0 Å². The lowest BCUT2D eigenvalue weighted by Crippen LogP contribution is -2.53. The van der Waals surface area contributed by atoms with Crippen molar-refractivity contribution in [2.24, 2.45) is 0 Å². The number of aliphatic hydroxyl groups excluding tert-OH is 1. The second kappa shape index (κ2) is 7.87. The van der Waals surface area contributed by atoms with Crippen molar-refractivity contribution in [1.82, 2.24) is 20.8 Å². The fourth-order valence-corrected chi connectivity index (χ4v) is 1.71. The molecule has 1 aromatic rings.